The second-order valence-electron chi connectivity index (χ2n) is 4.87. The summed E-state index contributed by atoms with van der Waals surface area (Å²) in [4.78, 5) is 2.64. The fourth-order valence-corrected chi connectivity index (χ4v) is 3.30. The van der Waals surface area contributed by atoms with Crippen molar-refractivity contribution in [3.05, 3.63) is 29.8 Å². The summed E-state index contributed by atoms with van der Waals surface area (Å²) in [5, 5.41) is 0.954. The van der Waals surface area contributed by atoms with E-state index in [1.165, 1.54) is 49.9 Å². The standard InChI is InChI=1S/C15H22BrN/c1-2-14-9-4-3-7-11-17(14)15-10-6-5-8-13(15)12-16/h5-6,8,10,14H,2-4,7,9,11-12H2,1H3. The van der Waals surface area contributed by atoms with Crippen molar-refractivity contribution in [3.63, 3.8) is 0 Å². The molecule has 0 bridgehead atoms. The quantitative estimate of drug-likeness (QED) is 0.728. The fraction of sp³-hybridized carbons (Fsp3) is 0.600. The van der Waals surface area contributed by atoms with Crippen LogP contribution in [0.25, 0.3) is 0 Å². The van der Waals surface area contributed by atoms with Gasteiger partial charge in [-0.15, -0.1) is 0 Å². The molecular weight excluding hydrogens is 274 g/mol. The number of anilines is 1. The molecule has 1 aliphatic rings. The molecule has 1 saturated heterocycles. The van der Waals surface area contributed by atoms with Crippen LogP contribution in [-0.2, 0) is 5.33 Å². The smallest absolute Gasteiger partial charge is 0.0409 e. The first-order chi connectivity index (χ1) is 8.36. The maximum atomic E-state index is 3.61. The van der Waals surface area contributed by atoms with Gasteiger partial charge in [0.1, 0.15) is 0 Å². The molecule has 17 heavy (non-hydrogen) atoms. The molecule has 1 fully saturated rings. The van der Waals surface area contributed by atoms with Crippen molar-refractivity contribution in [3.8, 4) is 0 Å². The van der Waals surface area contributed by atoms with E-state index >= 15 is 0 Å². The number of para-hydroxylation sites is 1. The Morgan fingerprint density at radius 2 is 2.06 bits per heavy atom. The molecule has 2 rings (SSSR count). The summed E-state index contributed by atoms with van der Waals surface area (Å²) in [6.07, 6.45) is 6.74. The van der Waals surface area contributed by atoms with Gasteiger partial charge in [0.15, 0.2) is 0 Å². The van der Waals surface area contributed by atoms with E-state index in [4.69, 9.17) is 0 Å². The molecule has 2 heteroatoms. The number of nitrogens with zero attached hydrogens (tertiary/aromatic N) is 1. The number of hydrogen-bond acceptors (Lipinski definition) is 1. The summed E-state index contributed by atoms with van der Waals surface area (Å²) in [5.74, 6) is 0. The van der Waals surface area contributed by atoms with Crippen molar-refractivity contribution in [2.24, 2.45) is 0 Å². The van der Waals surface area contributed by atoms with Crippen LogP contribution < -0.4 is 4.90 Å². The van der Waals surface area contributed by atoms with Gasteiger partial charge >= 0.3 is 0 Å². The predicted molar refractivity (Wildman–Crippen MR) is 79.0 cm³/mol. The maximum Gasteiger partial charge on any atom is 0.0409 e. The minimum absolute atomic E-state index is 0.734. The summed E-state index contributed by atoms with van der Waals surface area (Å²) in [5.41, 5.74) is 2.87. The van der Waals surface area contributed by atoms with Crippen molar-refractivity contribution < 1.29 is 0 Å². The van der Waals surface area contributed by atoms with Crippen LogP contribution in [0.4, 0.5) is 5.69 Å². The molecule has 1 unspecified atom stereocenters. The van der Waals surface area contributed by atoms with Gasteiger partial charge in [0.05, 0.1) is 0 Å². The van der Waals surface area contributed by atoms with Gasteiger partial charge in [0.25, 0.3) is 0 Å². The van der Waals surface area contributed by atoms with Gasteiger partial charge in [0, 0.05) is 23.6 Å². The van der Waals surface area contributed by atoms with Crippen molar-refractivity contribution in [1.29, 1.82) is 0 Å². The summed E-state index contributed by atoms with van der Waals surface area (Å²) in [6.45, 7) is 3.54. The average molecular weight is 296 g/mol. The predicted octanol–water partition coefficient (Wildman–Crippen LogP) is 4.74. The van der Waals surface area contributed by atoms with Crippen LogP contribution in [0.2, 0.25) is 0 Å². The van der Waals surface area contributed by atoms with Crippen molar-refractivity contribution >= 4 is 21.6 Å². The lowest BCUT2D eigenvalue weighted by Gasteiger charge is -2.33. The molecule has 1 aromatic carbocycles. The average Bonchev–Trinajstić information content (AvgIpc) is 2.63. The van der Waals surface area contributed by atoms with Crippen LogP contribution in [-0.4, -0.2) is 12.6 Å². The molecule has 0 saturated carbocycles. The Balaban J connectivity index is 2.28. The Morgan fingerprint density at radius 1 is 1.24 bits per heavy atom. The SMILES string of the molecule is CCC1CCCCCN1c1ccccc1CBr. The molecule has 94 valence electrons. The summed E-state index contributed by atoms with van der Waals surface area (Å²) < 4.78 is 0. The first kappa shape index (κ1) is 12.9. The number of rotatable bonds is 3. The monoisotopic (exact) mass is 295 g/mol. The van der Waals surface area contributed by atoms with Crippen LogP contribution in [0.15, 0.2) is 24.3 Å². The van der Waals surface area contributed by atoms with E-state index in [1.54, 1.807) is 0 Å². The van der Waals surface area contributed by atoms with Gasteiger partial charge in [-0.3, -0.25) is 0 Å². The first-order valence-electron chi connectivity index (χ1n) is 6.77. The van der Waals surface area contributed by atoms with Gasteiger partial charge in [-0.05, 0) is 30.9 Å². The Labute approximate surface area is 113 Å². The van der Waals surface area contributed by atoms with E-state index in [1.807, 2.05) is 0 Å². The number of halogens is 1. The van der Waals surface area contributed by atoms with Crippen molar-refractivity contribution in [1.82, 2.24) is 0 Å². The minimum Gasteiger partial charge on any atom is -0.368 e. The normalized spacial score (nSPS) is 21.3. The van der Waals surface area contributed by atoms with Crippen molar-refractivity contribution in [2.75, 3.05) is 11.4 Å². The van der Waals surface area contributed by atoms with E-state index < -0.39 is 0 Å². The van der Waals surface area contributed by atoms with E-state index in [0.29, 0.717) is 0 Å². The van der Waals surface area contributed by atoms with Gasteiger partial charge in [-0.25, -0.2) is 0 Å². The number of hydrogen-bond donors (Lipinski definition) is 0. The summed E-state index contributed by atoms with van der Waals surface area (Å²) >= 11 is 3.61. The number of alkyl halides is 1. The van der Waals surface area contributed by atoms with E-state index in [-0.39, 0.29) is 0 Å². The zero-order valence-electron chi connectivity index (χ0n) is 10.7. The molecule has 0 aromatic heterocycles. The topological polar surface area (TPSA) is 3.24 Å². The van der Waals surface area contributed by atoms with Gasteiger partial charge < -0.3 is 4.90 Å². The zero-order chi connectivity index (χ0) is 12.1. The lowest BCUT2D eigenvalue weighted by molar-refractivity contribution is 0.555. The maximum absolute atomic E-state index is 3.61. The van der Waals surface area contributed by atoms with Gasteiger partial charge in [0.2, 0.25) is 0 Å². The van der Waals surface area contributed by atoms with Crippen LogP contribution in [0.1, 0.15) is 44.6 Å². The molecule has 1 heterocycles. The van der Waals surface area contributed by atoms with E-state index in [0.717, 1.165) is 11.4 Å². The second kappa shape index (κ2) is 6.44. The van der Waals surface area contributed by atoms with Crippen LogP contribution in [0.3, 0.4) is 0 Å². The summed E-state index contributed by atoms with van der Waals surface area (Å²) in [6, 6.07) is 9.56. The fourth-order valence-electron chi connectivity index (χ4n) is 2.82. The number of benzene rings is 1. The Kier molecular flexibility index (Phi) is 4.90. The van der Waals surface area contributed by atoms with Crippen LogP contribution in [0, 0.1) is 0 Å². The summed E-state index contributed by atoms with van der Waals surface area (Å²) in [7, 11) is 0. The molecule has 0 aliphatic carbocycles. The third-order valence-electron chi connectivity index (χ3n) is 3.79. The zero-order valence-corrected chi connectivity index (χ0v) is 12.2. The third kappa shape index (κ3) is 3.04. The molecule has 0 amide bonds. The Morgan fingerprint density at radius 3 is 2.82 bits per heavy atom. The molecule has 1 aromatic rings. The Hall–Kier alpha value is -0.500. The van der Waals surface area contributed by atoms with Gasteiger partial charge in [-0.2, -0.15) is 0 Å². The van der Waals surface area contributed by atoms with Gasteiger partial charge in [-0.1, -0.05) is 53.9 Å². The molecule has 1 nitrogen and oxygen atoms in total. The molecular formula is C15H22BrN. The Bertz CT molecular complexity index is 351. The van der Waals surface area contributed by atoms with E-state index in [9.17, 15) is 0 Å². The van der Waals surface area contributed by atoms with Crippen LogP contribution in [0.5, 0.6) is 0 Å². The first-order valence-corrected chi connectivity index (χ1v) is 7.89. The van der Waals surface area contributed by atoms with E-state index in [2.05, 4.69) is 52.0 Å². The minimum atomic E-state index is 0.734. The molecule has 0 N–H and O–H groups in total. The lowest BCUT2D eigenvalue weighted by atomic mass is 10.1. The lowest BCUT2D eigenvalue weighted by Crippen LogP contribution is -2.34. The molecule has 1 aliphatic heterocycles. The largest absolute Gasteiger partial charge is 0.368 e. The molecule has 0 radical (unpaired) electrons. The highest BCUT2D eigenvalue weighted by Gasteiger charge is 2.21. The van der Waals surface area contributed by atoms with Crippen LogP contribution >= 0.6 is 15.9 Å². The highest BCUT2D eigenvalue weighted by atomic mass is 79.9. The molecule has 1 atom stereocenters. The molecule has 0 spiro atoms. The third-order valence-corrected chi connectivity index (χ3v) is 4.40. The highest BCUT2D eigenvalue weighted by molar-refractivity contribution is 9.08. The van der Waals surface area contributed by atoms with Crippen molar-refractivity contribution in [2.45, 2.75) is 50.4 Å². The second-order valence-corrected chi connectivity index (χ2v) is 5.43. The highest BCUT2D eigenvalue weighted by Crippen LogP contribution is 2.29.